The van der Waals surface area contributed by atoms with Gasteiger partial charge in [0, 0.05) is 49.8 Å². The Morgan fingerprint density at radius 1 is 0.355 bits per heavy atom. The van der Waals surface area contributed by atoms with Gasteiger partial charge in [-0.1, -0.05) is 199 Å². The Morgan fingerprint density at radius 3 is 1.54 bits per heavy atom. The van der Waals surface area contributed by atoms with Crippen molar-refractivity contribution in [3.8, 4) is 55.9 Å². The van der Waals surface area contributed by atoms with Crippen LogP contribution >= 0.6 is 0 Å². The van der Waals surface area contributed by atoms with E-state index in [1.54, 1.807) is 0 Å². The minimum Gasteiger partial charge on any atom is -0.310 e. The lowest BCUT2D eigenvalue weighted by atomic mass is 9.34. The molecule has 3 aliphatic rings. The number of fused-ring (bicyclic) bond motifs is 11. The Bertz CT molecular complexity index is 4560. The number of anilines is 3. The number of benzene rings is 11. The Hall–Kier alpha value is -8.86. The van der Waals surface area contributed by atoms with E-state index in [9.17, 15) is 0 Å². The van der Waals surface area contributed by atoms with E-state index in [2.05, 4.69) is 274 Å². The molecule has 0 fully saturated rings. The molecule has 0 N–H and O–H groups in total. The van der Waals surface area contributed by atoms with Gasteiger partial charge in [0.15, 0.2) is 0 Å². The van der Waals surface area contributed by atoms with Crippen LogP contribution < -0.4 is 21.3 Å². The fourth-order valence-corrected chi connectivity index (χ4v) is 13.7. The zero-order chi connectivity index (χ0) is 50.9. The molecule has 1 aliphatic carbocycles. The van der Waals surface area contributed by atoms with Crippen LogP contribution in [-0.2, 0) is 10.8 Å². The van der Waals surface area contributed by atoms with E-state index >= 15 is 0 Å². The average molecular weight is 972 g/mol. The lowest BCUT2D eigenvalue weighted by Crippen LogP contribution is -2.59. The smallest absolute Gasteiger partial charge is 0.252 e. The first-order valence-electron chi connectivity index (χ1n) is 27.0. The summed E-state index contributed by atoms with van der Waals surface area (Å²) in [6, 6.07) is 83.5. The molecule has 0 unspecified atom stereocenters. The van der Waals surface area contributed by atoms with Crippen LogP contribution in [0.3, 0.4) is 0 Å². The zero-order valence-corrected chi connectivity index (χ0v) is 43.7. The average Bonchev–Trinajstić information content (AvgIpc) is 4.06. The first-order chi connectivity index (χ1) is 37.0. The summed E-state index contributed by atoms with van der Waals surface area (Å²) in [5.74, 6) is 0. The third-order valence-corrected chi connectivity index (χ3v) is 17.3. The first kappa shape index (κ1) is 43.5. The molecule has 360 valence electrons. The van der Waals surface area contributed by atoms with E-state index in [1.807, 2.05) is 0 Å². The quantitative estimate of drug-likeness (QED) is 0.157. The molecule has 2 aliphatic heterocycles. The van der Waals surface area contributed by atoms with E-state index in [0.717, 1.165) is 17.1 Å². The van der Waals surface area contributed by atoms with Gasteiger partial charge in [0.25, 0.3) is 6.71 Å². The molecule has 0 bridgehead atoms. The predicted octanol–water partition coefficient (Wildman–Crippen LogP) is 17.2. The molecule has 0 atom stereocenters. The van der Waals surface area contributed by atoms with Gasteiger partial charge in [-0.05, 0) is 154 Å². The molecule has 11 aromatic carbocycles. The van der Waals surface area contributed by atoms with Crippen LogP contribution in [0.2, 0.25) is 0 Å². The summed E-state index contributed by atoms with van der Waals surface area (Å²) in [5.41, 5.74) is 27.6. The van der Waals surface area contributed by atoms with Crippen molar-refractivity contribution in [1.82, 2.24) is 9.13 Å². The van der Waals surface area contributed by atoms with Crippen molar-refractivity contribution in [2.45, 2.75) is 52.4 Å². The molecule has 4 heteroatoms. The van der Waals surface area contributed by atoms with Crippen LogP contribution in [0.5, 0.6) is 0 Å². The molecule has 0 saturated heterocycles. The summed E-state index contributed by atoms with van der Waals surface area (Å²) >= 11 is 0. The van der Waals surface area contributed by atoms with Gasteiger partial charge in [0.2, 0.25) is 0 Å². The van der Waals surface area contributed by atoms with Crippen molar-refractivity contribution in [2.24, 2.45) is 0 Å². The molecule has 16 rings (SSSR count). The number of hydrogen-bond donors (Lipinski definition) is 0. The van der Waals surface area contributed by atoms with Crippen molar-refractivity contribution < 1.29 is 0 Å². The molecule has 0 saturated carbocycles. The second-order valence-corrected chi connectivity index (χ2v) is 23.7. The Balaban J connectivity index is 1.08. The lowest BCUT2D eigenvalue weighted by molar-refractivity contribution is 0.590. The Morgan fingerprint density at radius 2 is 0.908 bits per heavy atom. The molecule has 13 aromatic rings. The van der Waals surface area contributed by atoms with Crippen molar-refractivity contribution >= 4 is 94.5 Å². The number of rotatable bonds is 5. The Kier molecular flexibility index (Phi) is 8.80. The predicted molar refractivity (Wildman–Crippen MR) is 325 cm³/mol. The largest absolute Gasteiger partial charge is 0.310 e. The highest BCUT2D eigenvalue weighted by Gasteiger charge is 2.43. The van der Waals surface area contributed by atoms with Gasteiger partial charge < -0.3 is 14.0 Å². The fourth-order valence-electron chi connectivity index (χ4n) is 13.7. The van der Waals surface area contributed by atoms with Gasteiger partial charge >= 0.3 is 0 Å². The maximum absolute atomic E-state index is 2.68. The fraction of sp³-hybridized carbons (Fsp3) is 0.111. The van der Waals surface area contributed by atoms with Crippen LogP contribution in [0.1, 0.15) is 52.7 Å². The second kappa shape index (κ2) is 15.4. The van der Waals surface area contributed by atoms with Gasteiger partial charge in [-0.3, -0.25) is 0 Å². The first-order valence-corrected chi connectivity index (χ1v) is 27.0. The van der Waals surface area contributed by atoms with Gasteiger partial charge in [-0.25, -0.2) is 0 Å². The summed E-state index contributed by atoms with van der Waals surface area (Å²) in [4.78, 5) is 2.51. The van der Waals surface area contributed by atoms with Crippen molar-refractivity contribution in [3.63, 3.8) is 0 Å². The molecule has 0 radical (unpaired) electrons. The van der Waals surface area contributed by atoms with Gasteiger partial charge in [0.05, 0.1) is 22.2 Å². The standard InChI is InChI=1S/C72H54BN3/c1-71(2,3)48-26-30-50(31-27-48)74(51-32-28-49(29-33-51)72(4,5)6)52-41-63-68-64(42-52)76-62-37-24-45-20-15-23-55-53-21-13-14-22-54(53)56-34-35-59(70(76)66(56)67(62)65(45)55)73(68)60-40-47(44-18-11-8-12-19-44)39-58-57-38-46(43-16-9-7-10-17-43)25-36-61(57)75(63)69(58)60/h7-42H,1-6H3. The highest BCUT2D eigenvalue weighted by molar-refractivity contribution is 7.00. The summed E-state index contributed by atoms with van der Waals surface area (Å²) in [6.45, 7) is 13.8. The topological polar surface area (TPSA) is 13.1 Å². The van der Waals surface area contributed by atoms with Crippen molar-refractivity contribution in [3.05, 3.63) is 230 Å². The molecule has 4 heterocycles. The van der Waals surface area contributed by atoms with Crippen LogP contribution in [0.15, 0.2) is 218 Å². The number of hydrogen-bond acceptors (Lipinski definition) is 1. The minimum atomic E-state index is -0.0590. The normalized spacial score (nSPS) is 13.1. The third kappa shape index (κ3) is 6.01. The zero-order valence-electron chi connectivity index (χ0n) is 43.7. The summed E-state index contributed by atoms with van der Waals surface area (Å²) < 4.78 is 5.32. The summed E-state index contributed by atoms with van der Waals surface area (Å²) in [5, 5.41) is 7.81. The van der Waals surface area contributed by atoms with E-state index in [1.165, 1.54) is 138 Å². The van der Waals surface area contributed by atoms with Gasteiger partial charge in [0.1, 0.15) is 0 Å². The molecule has 76 heavy (non-hydrogen) atoms. The third-order valence-electron chi connectivity index (χ3n) is 17.3. The van der Waals surface area contributed by atoms with Crippen LogP contribution in [0.4, 0.5) is 17.1 Å². The van der Waals surface area contributed by atoms with Crippen LogP contribution in [0.25, 0.3) is 110 Å². The molecular formula is C72H54BN3. The maximum atomic E-state index is 2.68. The minimum absolute atomic E-state index is 0.0118. The van der Waals surface area contributed by atoms with Crippen molar-refractivity contribution in [1.29, 1.82) is 0 Å². The summed E-state index contributed by atoms with van der Waals surface area (Å²) in [7, 11) is 0. The number of aromatic nitrogens is 2. The maximum Gasteiger partial charge on any atom is 0.252 e. The molecule has 2 aromatic heterocycles. The Labute approximate surface area is 444 Å². The number of nitrogens with zero attached hydrogens (tertiary/aromatic N) is 3. The second-order valence-electron chi connectivity index (χ2n) is 23.7. The van der Waals surface area contributed by atoms with Gasteiger partial charge in [-0.2, -0.15) is 0 Å². The summed E-state index contributed by atoms with van der Waals surface area (Å²) in [6.07, 6.45) is 0. The van der Waals surface area contributed by atoms with Crippen molar-refractivity contribution in [2.75, 3.05) is 4.90 Å². The lowest BCUT2D eigenvalue weighted by Gasteiger charge is -2.36. The molecule has 0 spiro atoms. The van der Waals surface area contributed by atoms with Crippen LogP contribution in [-0.4, -0.2) is 15.8 Å². The van der Waals surface area contributed by atoms with E-state index in [4.69, 9.17) is 0 Å². The molecule has 3 nitrogen and oxygen atoms in total. The van der Waals surface area contributed by atoms with Gasteiger partial charge in [-0.15, -0.1) is 0 Å². The monoisotopic (exact) mass is 971 g/mol. The molecular weight excluding hydrogens is 918 g/mol. The van der Waals surface area contributed by atoms with E-state index < -0.39 is 0 Å². The highest BCUT2D eigenvalue weighted by atomic mass is 15.2. The SMILES string of the molecule is CC(C)(C)c1ccc(N(c2ccc(C(C)(C)C)cc2)c2cc3c4c(c2)-n2c5ccc6cccc7c6c5c5c(ccc(c52)B4c2cc(-c4ccccc4)cc4c5cc(-c6ccccc6)ccc5n-3c24)-c2ccccc2-7)cc1. The molecule has 0 amide bonds. The van der Waals surface area contributed by atoms with Crippen LogP contribution in [0, 0.1) is 0 Å². The van der Waals surface area contributed by atoms with E-state index in [-0.39, 0.29) is 17.5 Å². The highest BCUT2D eigenvalue weighted by Crippen LogP contribution is 2.52. The van der Waals surface area contributed by atoms with E-state index in [0.29, 0.717) is 0 Å².